The molecular formula is C20H17FN2O3. The van der Waals surface area contributed by atoms with Gasteiger partial charge in [-0.2, -0.15) is 0 Å². The Morgan fingerprint density at radius 2 is 1.92 bits per heavy atom. The highest BCUT2D eigenvalue weighted by Gasteiger charge is 2.17. The van der Waals surface area contributed by atoms with Crippen molar-refractivity contribution in [3.8, 4) is 11.5 Å². The van der Waals surface area contributed by atoms with E-state index in [2.05, 4.69) is 10.3 Å². The summed E-state index contributed by atoms with van der Waals surface area (Å²) in [6, 6.07) is 9.35. The first-order chi connectivity index (χ1) is 12.4. The van der Waals surface area contributed by atoms with Crippen molar-refractivity contribution in [1.82, 2.24) is 5.32 Å². The van der Waals surface area contributed by atoms with Gasteiger partial charge in [-0.05, 0) is 49.7 Å². The van der Waals surface area contributed by atoms with E-state index in [9.17, 15) is 14.0 Å². The fraction of sp³-hybridized carbons (Fsp3) is 0.150. The van der Waals surface area contributed by atoms with Crippen LogP contribution < -0.4 is 10.1 Å². The number of aliphatic imine (C=N–C) groups is 1. The molecule has 0 aliphatic carbocycles. The molecule has 1 aliphatic heterocycles. The zero-order valence-electron chi connectivity index (χ0n) is 14.4. The van der Waals surface area contributed by atoms with Crippen molar-refractivity contribution in [3.63, 3.8) is 0 Å². The molecule has 0 bridgehead atoms. The number of hydrogen-bond donors (Lipinski definition) is 1. The first kappa shape index (κ1) is 17.5. The average Bonchev–Trinajstić information content (AvgIpc) is 2.58. The summed E-state index contributed by atoms with van der Waals surface area (Å²) in [5.74, 6) is -0.161. The number of halogens is 1. The number of hydrogen-bond acceptors (Lipinski definition) is 4. The second-order valence-corrected chi connectivity index (χ2v) is 6.00. The molecule has 0 saturated carbocycles. The number of carbonyl (C=O) groups is 2. The van der Waals surface area contributed by atoms with Crippen molar-refractivity contribution in [2.24, 2.45) is 4.99 Å². The van der Waals surface area contributed by atoms with Crippen molar-refractivity contribution >= 4 is 17.9 Å². The Hall–Kier alpha value is -3.28. The second-order valence-electron chi connectivity index (χ2n) is 6.00. The van der Waals surface area contributed by atoms with E-state index in [0.717, 1.165) is 5.56 Å². The predicted molar refractivity (Wildman–Crippen MR) is 96.3 cm³/mol. The number of nitrogens with zero attached hydrogens (tertiary/aromatic N) is 1. The number of carbonyl (C=O) groups excluding carboxylic acids is 2. The van der Waals surface area contributed by atoms with Crippen molar-refractivity contribution in [2.45, 2.75) is 13.8 Å². The minimum atomic E-state index is -0.420. The van der Waals surface area contributed by atoms with Crippen LogP contribution in [-0.4, -0.2) is 24.4 Å². The SMILES string of the molecule is Cc1ccc(Oc2ccc(F)cc2C)c(C(=O)NC2=CC(=O)CN=C2)c1. The number of aryl methyl sites for hydroxylation is 2. The number of benzene rings is 2. The zero-order valence-corrected chi connectivity index (χ0v) is 14.4. The van der Waals surface area contributed by atoms with E-state index < -0.39 is 5.91 Å². The molecule has 0 spiro atoms. The highest BCUT2D eigenvalue weighted by Crippen LogP contribution is 2.29. The van der Waals surface area contributed by atoms with Gasteiger partial charge in [-0.1, -0.05) is 11.6 Å². The summed E-state index contributed by atoms with van der Waals surface area (Å²) in [5, 5.41) is 2.65. The number of amides is 1. The molecule has 6 heteroatoms. The van der Waals surface area contributed by atoms with E-state index >= 15 is 0 Å². The fourth-order valence-corrected chi connectivity index (χ4v) is 2.51. The van der Waals surface area contributed by atoms with E-state index in [1.807, 2.05) is 13.0 Å². The second kappa shape index (κ2) is 7.31. The Labute approximate surface area is 150 Å². The lowest BCUT2D eigenvalue weighted by Gasteiger charge is -2.14. The summed E-state index contributed by atoms with van der Waals surface area (Å²) in [5.41, 5.74) is 2.13. The van der Waals surface area contributed by atoms with E-state index in [1.54, 1.807) is 19.1 Å². The number of rotatable bonds is 4. The van der Waals surface area contributed by atoms with Gasteiger partial charge in [0.1, 0.15) is 23.9 Å². The lowest BCUT2D eigenvalue weighted by atomic mass is 10.1. The summed E-state index contributed by atoms with van der Waals surface area (Å²) in [4.78, 5) is 28.0. The summed E-state index contributed by atoms with van der Waals surface area (Å²) >= 11 is 0. The third-order valence-electron chi connectivity index (χ3n) is 3.79. The van der Waals surface area contributed by atoms with Crippen molar-refractivity contribution in [3.05, 3.63) is 70.7 Å². The molecule has 5 nitrogen and oxygen atoms in total. The van der Waals surface area contributed by atoms with Crippen molar-refractivity contribution in [2.75, 3.05) is 6.54 Å². The van der Waals surface area contributed by atoms with Gasteiger partial charge in [0.05, 0.1) is 11.3 Å². The van der Waals surface area contributed by atoms with Crippen LogP contribution in [0.3, 0.4) is 0 Å². The molecule has 0 fully saturated rings. The maximum atomic E-state index is 13.3. The maximum absolute atomic E-state index is 13.3. The van der Waals surface area contributed by atoms with Crippen LogP contribution in [0.25, 0.3) is 0 Å². The van der Waals surface area contributed by atoms with Gasteiger partial charge in [0.2, 0.25) is 0 Å². The van der Waals surface area contributed by atoms with Crippen LogP contribution in [0, 0.1) is 19.7 Å². The topological polar surface area (TPSA) is 67.8 Å². The third-order valence-corrected chi connectivity index (χ3v) is 3.79. The maximum Gasteiger partial charge on any atom is 0.259 e. The first-order valence-electron chi connectivity index (χ1n) is 8.03. The van der Waals surface area contributed by atoms with Gasteiger partial charge < -0.3 is 10.1 Å². The standard InChI is InChI=1S/C20H17FN2O3/c1-12-3-5-19(26-18-6-4-14(21)8-13(18)2)17(7-12)20(25)23-15-9-16(24)11-22-10-15/h3-10H,11H2,1-2H3,(H,23,25). The molecule has 1 amide bonds. The van der Waals surface area contributed by atoms with Gasteiger partial charge in [-0.3, -0.25) is 14.6 Å². The van der Waals surface area contributed by atoms with Crippen molar-refractivity contribution in [1.29, 1.82) is 0 Å². The molecule has 1 aliphatic rings. The monoisotopic (exact) mass is 352 g/mol. The van der Waals surface area contributed by atoms with Gasteiger partial charge in [0.15, 0.2) is 5.78 Å². The van der Waals surface area contributed by atoms with E-state index in [-0.39, 0.29) is 18.1 Å². The lowest BCUT2D eigenvalue weighted by Crippen LogP contribution is -2.26. The smallest absolute Gasteiger partial charge is 0.259 e. The average molecular weight is 352 g/mol. The molecule has 1 heterocycles. The molecule has 0 unspecified atom stereocenters. The third kappa shape index (κ3) is 4.03. The Morgan fingerprint density at radius 3 is 2.65 bits per heavy atom. The van der Waals surface area contributed by atoms with Crippen molar-refractivity contribution < 1.29 is 18.7 Å². The lowest BCUT2D eigenvalue weighted by molar-refractivity contribution is -0.113. The Morgan fingerprint density at radius 1 is 1.15 bits per heavy atom. The van der Waals surface area contributed by atoms with Crippen LogP contribution in [0.5, 0.6) is 11.5 Å². The van der Waals surface area contributed by atoms with Gasteiger partial charge >= 0.3 is 0 Å². The van der Waals surface area contributed by atoms with E-state index in [1.165, 1.54) is 30.5 Å². The Balaban J connectivity index is 1.89. The van der Waals surface area contributed by atoms with Gasteiger partial charge in [0.25, 0.3) is 5.91 Å². The molecule has 0 atom stereocenters. The van der Waals surface area contributed by atoms with Crippen LogP contribution in [0.15, 0.2) is 53.2 Å². The highest BCUT2D eigenvalue weighted by molar-refractivity contribution is 6.06. The fourth-order valence-electron chi connectivity index (χ4n) is 2.51. The highest BCUT2D eigenvalue weighted by atomic mass is 19.1. The molecule has 132 valence electrons. The molecule has 26 heavy (non-hydrogen) atoms. The van der Waals surface area contributed by atoms with Crippen LogP contribution in [0.2, 0.25) is 0 Å². The molecule has 2 aromatic rings. The van der Waals surface area contributed by atoms with Crippen LogP contribution in [0.1, 0.15) is 21.5 Å². The molecular weight excluding hydrogens is 335 g/mol. The number of allylic oxidation sites excluding steroid dienone is 1. The molecule has 3 rings (SSSR count). The van der Waals surface area contributed by atoms with E-state index in [0.29, 0.717) is 28.3 Å². The minimum absolute atomic E-state index is 0.0853. The Bertz CT molecular complexity index is 948. The van der Waals surface area contributed by atoms with Gasteiger partial charge in [0, 0.05) is 12.3 Å². The summed E-state index contributed by atoms with van der Waals surface area (Å²) in [7, 11) is 0. The van der Waals surface area contributed by atoms with E-state index in [4.69, 9.17) is 4.74 Å². The number of nitrogens with one attached hydrogen (secondary N) is 1. The molecule has 1 N–H and O–H groups in total. The zero-order chi connectivity index (χ0) is 18.7. The number of ether oxygens (including phenoxy) is 1. The molecule has 0 saturated heterocycles. The summed E-state index contributed by atoms with van der Waals surface area (Å²) in [6.45, 7) is 3.66. The quantitative estimate of drug-likeness (QED) is 0.916. The summed E-state index contributed by atoms with van der Waals surface area (Å²) < 4.78 is 19.1. The van der Waals surface area contributed by atoms with Gasteiger partial charge in [-0.15, -0.1) is 0 Å². The number of ketones is 1. The summed E-state index contributed by atoms with van der Waals surface area (Å²) in [6.07, 6.45) is 2.78. The van der Waals surface area contributed by atoms with Crippen LogP contribution >= 0.6 is 0 Å². The normalized spacial score (nSPS) is 13.3. The van der Waals surface area contributed by atoms with Crippen LogP contribution in [0.4, 0.5) is 4.39 Å². The number of dihydropyridines is 1. The first-order valence-corrected chi connectivity index (χ1v) is 8.03. The molecule has 0 aromatic heterocycles. The molecule has 0 radical (unpaired) electrons. The molecule has 2 aromatic carbocycles. The van der Waals surface area contributed by atoms with Crippen LogP contribution in [-0.2, 0) is 4.79 Å². The largest absolute Gasteiger partial charge is 0.456 e. The predicted octanol–water partition coefficient (Wildman–Crippen LogP) is 3.50. The minimum Gasteiger partial charge on any atom is -0.456 e. The van der Waals surface area contributed by atoms with Gasteiger partial charge in [-0.25, -0.2) is 4.39 Å². The Kier molecular flexibility index (Phi) is 4.93.